The normalized spacial score (nSPS) is 13.3. The molecule has 0 radical (unpaired) electrons. The van der Waals surface area contributed by atoms with Crippen LogP contribution in [-0.4, -0.2) is 38.4 Å². The minimum atomic E-state index is -0.166. The molecule has 29 heavy (non-hydrogen) atoms. The Balaban J connectivity index is 1.29. The second-order valence-electron chi connectivity index (χ2n) is 6.44. The molecular weight excluding hydrogens is 410 g/mol. The average molecular weight is 425 g/mol. The number of anilines is 1. The number of carbonyl (C=O) groups is 2. The summed E-state index contributed by atoms with van der Waals surface area (Å²) in [6.07, 6.45) is 2.21. The molecule has 2 N–H and O–H groups in total. The molecule has 146 valence electrons. The Bertz CT molecular complexity index is 1160. The number of H-pyrrole nitrogens is 1. The smallest absolute Gasteiger partial charge is 0.274 e. The van der Waals surface area contributed by atoms with Gasteiger partial charge >= 0.3 is 0 Å². The minimum Gasteiger partial charge on any atom is -0.463 e. The first-order chi connectivity index (χ1) is 14.2. The Morgan fingerprint density at radius 1 is 1.28 bits per heavy atom. The number of hydrogen-bond acceptors (Lipinski definition) is 7. The Hall–Kier alpha value is -3.24. The van der Waals surface area contributed by atoms with Gasteiger partial charge in [-0.2, -0.15) is 5.10 Å². The van der Waals surface area contributed by atoms with Gasteiger partial charge in [0, 0.05) is 23.9 Å². The van der Waals surface area contributed by atoms with E-state index in [0.717, 1.165) is 10.6 Å². The molecule has 10 heteroatoms. The van der Waals surface area contributed by atoms with Crippen molar-refractivity contribution in [2.24, 2.45) is 0 Å². The number of thiazole rings is 1. The molecule has 0 spiro atoms. The van der Waals surface area contributed by atoms with Gasteiger partial charge in [0.15, 0.2) is 16.6 Å². The summed E-state index contributed by atoms with van der Waals surface area (Å²) >= 11 is 2.79. The summed E-state index contributed by atoms with van der Waals surface area (Å²) in [7, 11) is 0. The number of nitrogens with zero attached hydrogens (tertiary/aromatic N) is 3. The van der Waals surface area contributed by atoms with E-state index in [1.807, 2.05) is 11.4 Å². The number of carbonyl (C=O) groups excluding carboxylic acids is 2. The van der Waals surface area contributed by atoms with E-state index in [-0.39, 0.29) is 11.8 Å². The number of hydrogen-bond donors (Lipinski definition) is 2. The lowest BCUT2D eigenvalue weighted by molar-refractivity contribution is 0.0730. The maximum Gasteiger partial charge on any atom is 0.274 e. The molecule has 0 unspecified atom stereocenters. The van der Waals surface area contributed by atoms with Crippen LogP contribution < -0.4 is 5.32 Å². The van der Waals surface area contributed by atoms with E-state index >= 15 is 0 Å². The van der Waals surface area contributed by atoms with Crippen molar-refractivity contribution < 1.29 is 14.0 Å². The lowest BCUT2D eigenvalue weighted by atomic mass is 10.1. The van der Waals surface area contributed by atoms with Crippen LogP contribution in [0.15, 0.2) is 46.4 Å². The van der Waals surface area contributed by atoms with Crippen molar-refractivity contribution in [1.82, 2.24) is 20.1 Å². The Morgan fingerprint density at radius 3 is 3.00 bits per heavy atom. The number of fused-ring (bicyclic) bond motifs is 1. The maximum atomic E-state index is 12.9. The van der Waals surface area contributed by atoms with Crippen molar-refractivity contribution in [1.29, 1.82) is 0 Å². The van der Waals surface area contributed by atoms with E-state index in [0.29, 0.717) is 46.7 Å². The predicted octanol–water partition coefficient (Wildman–Crippen LogP) is 3.64. The zero-order chi connectivity index (χ0) is 19.8. The van der Waals surface area contributed by atoms with Gasteiger partial charge in [-0.3, -0.25) is 20.0 Å². The van der Waals surface area contributed by atoms with Crippen molar-refractivity contribution in [3.8, 4) is 11.5 Å². The molecule has 5 rings (SSSR count). The number of aromatic amines is 1. The van der Waals surface area contributed by atoms with Gasteiger partial charge in [0.25, 0.3) is 11.8 Å². The molecule has 0 aliphatic carbocycles. The molecule has 0 saturated carbocycles. The number of thiophene rings is 1. The molecule has 0 aromatic carbocycles. The van der Waals surface area contributed by atoms with Crippen LogP contribution in [0.1, 0.15) is 30.7 Å². The average Bonchev–Trinajstić information content (AvgIpc) is 3.53. The zero-order valence-electron chi connectivity index (χ0n) is 15.0. The van der Waals surface area contributed by atoms with Gasteiger partial charge in [0.05, 0.1) is 23.4 Å². The van der Waals surface area contributed by atoms with Gasteiger partial charge in [0.1, 0.15) is 5.69 Å². The zero-order valence-corrected chi connectivity index (χ0v) is 16.7. The number of furan rings is 1. The molecule has 2 amide bonds. The molecular formula is C19H15N5O3S2. The lowest BCUT2D eigenvalue weighted by Gasteiger charge is -2.25. The number of rotatable bonds is 4. The topological polar surface area (TPSA) is 104 Å². The summed E-state index contributed by atoms with van der Waals surface area (Å²) in [5.41, 5.74) is 1.93. The number of amides is 2. The highest BCUT2D eigenvalue weighted by molar-refractivity contribution is 7.16. The first-order valence-electron chi connectivity index (χ1n) is 8.89. The van der Waals surface area contributed by atoms with Gasteiger partial charge in [-0.1, -0.05) is 17.4 Å². The Labute approximate surface area is 173 Å². The standard InChI is InChI=1S/C19H15N5O3S2/c25-17(15-4-2-8-28-15)21-19-20-11-5-6-24(10-16(11)29-19)18(26)13-9-12(22-23-13)14-3-1-7-27-14/h1-4,7-9H,5-6,10H2,(H,22,23)(H,20,21,25). The summed E-state index contributed by atoms with van der Waals surface area (Å²) in [4.78, 5) is 33.0. The van der Waals surface area contributed by atoms with E-state index in [4.69, 9.17) is 4.42 Å². The number of nitrogens with one attached hydrogen (secondary N) is 2. The minimum absolute atomic E-state index is 0.151. The van der Waals surface area contributed by atoms with Gasteiger partial charge < -0.3 is 9.32 Å². The van der Waals surface area contributed by atoms with E-state index < -0.39 is 0 Å². The van der Waals surface area contributed by atoms with Crippen LogP contribution in [0.2, 0.25) is 0 Å². The molecule has 4 aromatic rings. The quantitative estimate of drug-likeness (QED) is 0.519. The van der Waals surface area contributed by atoms with Crippen LogP contribution in [0.5, 0.6) is 0 Å². The second-order valence-corrected chi connectivity index (χ2v) is 8.47. The summed E-state index contributed by atoms with van der Waals surface area (Å²) in [5.74, 6) is 0.314. The molecule has 0 fully saturated rings. The van der Waals surface area contributed by atoms with Gasteiger partial charge in [-0.25, -0.2) is 4.98 Å². The van der Waals surface area contributed by atoms with Crippen molar-refractivity contribution in [3.05, 3.63) is 63.1 Å². The second kappa shape index (κ2) is 7.30. The van der Waals surface area contributed by atoms with Crippen molar-refractivity contribution in [3.63, 3.8) is 0 Å². The van der Waals surface area contributed by atoms with Gasteiger partial charge in [-0.15, -0.1) is 11.3 Å². The van der Waals surface area contributed by atoms with Crippen LogP contribution in [0.4, 0.5) is 5.13 Å². The summed E-state index contributed by atoms with van der Waals surface area (Å²) in [5, 5.41) is 12.2. The fourth-order valence-electron chi connectivity index (χ4n) is 3.14. The molecule has 1 aliphatic rings. The van der Waals surface area contributed by atoms with E-state index in [1.165, 1.54) is 22.7 Å². The Kier molecular flexibility index (Phi) is 4.49. The molecule has 0 saturated heterocycles. The highest BCUT2D eigenvalue weighted by Gasteiger charge is 2.27. The van der Waals surface area contributed by atoms with Crippen LogP contribution >= 0.6 is 22.7 Å². The summed E-state index contributed by atoms with van der Waals surface area (Å²) < 4.78 is 5.33. The van der Waals surface area contributed by atoms with Crippen LogP contribution in [-0.2, 0) is 13.0 Å². The van der Waals surface area contributed by atoms with Crippen LogP contribution in [0.25, 0.3) is 11.5 Å². The monoisotopic (exact) mass is 425 g/mol. The van der Waals surface area contributed by atoms with Crippen molar-refractivity contribution >= 4 is 39.6 Å². The third-order valence-electron chi connectivity index (χ3n) is 4.57. The summed E-state index contributed by atoms with van der Waals surface area (Å²) in [6, 6.07) is 8.88. The number of aromatic nitrogens is 3. The third-order valence-corrected chi connectivity index (χ3v) is 6.43. The maximum absolute atomic E-state index is 12.9. The first kappa shape index (κ1) is 17.8. The summed E-state index contributed by atoms with van der Waals surface area (Å²) in [6.45, 7) is 1.00. The highest BCUT2D eigenvalue weighted by Crippen LogP contribution is 2.30. The van der Waals surface area contributed by atoms with Crippen LogP contribution in [0.3, 0.4) is 0 Å². The lowest BCUT2D eigenvalue weighted by Crippen LogP contribution is -2.35. The van der Waals surface area contributed by atoms with E-state index in [2.05, 4.69) is 20.5 Å². The van der Waals surface area contributed by atoms with Gasteiger partial charge in [0.2, 0.25) is 0 Å². The van der Waals surface area contributed by atoms with Gasteiger partial charge in [-0.05, 0) is 23.6 Å². The largest absolute Gasteiger partial charge is 0.463 e. The molecule has 5 heterocycles. The highest BCUT2D eigenvalue weighted by atomic mass is 32.1. The van der Waals surface area contributed by atoms with Crippen molar-refractivity contribution in [2.45, 2.75) is 13.0 Å². The SMILES string of the molecule is O=C(Nc1nc2c(s1)CN(C(=O)c1cc(-c3ccco3)[nH]n1)CC2)c1cccs1. The van der Waals surface area contributed by atoms with E-state index in [9.17, 15) is 9.59 Å². The molecule has 1 aliphatic heterocycles. The third kappa shape index (κ3) is 3.47. The fourth-order valence-corrected chi connectivity index (χ4v) is 4.78. The van der Waals surface area contributed by atoms with Crippen molar-refractivity contribution in [2.75, 3.05) is 11.9 Å². The predicted molar refractivity (Wildman–Crippen MR) is 109 cm³/mol. The Morgan fingerprint density at radius 2 is 2.21 bits per heavy atom. The molecule has 8 nitrogen and oxygen atoms in total. The fraction of sp³-hybridized carbons (Fsp3) is 0.158. The molecule has 0 bridgehead atoms. The van der Waals surface area contributed by atoms with E-state index in [1.54, 1.807) is 35.4 Å². The molecule has 0 atom stereocenters. The molecule has 4 aromatic heterocycles. The van der Waals surface area contributed by atoms with Crippen LogP contribution in [0, 0.1) is 0 Å². The first-order valence-corrected chi connectivity index (χ1v) is 10.6.